The lowest BCUT2D eigenvalue weighted by Crippen LogP contribution is -2.39. The lowest BCUT2D eigenvalue weighted by atomic mass is 10.3. The van der Waals surface area contributed by atoms with Crippen molar-refractivity contribution in [1.82, 2.24) is 20.1 Å². The maximum Gasteiger partial charge on any atom is 0.674 e. The van der Waals surface area contributed by atoms with Crippen molar-refractivity contribution in [1.29, 1.82) is 0 Å². The SMILES string of the molecule is CN(C)C(On1nnc2ccccc21)=[N+](C)C.OB(O)F.OB(O)F.OB(O)F.OB(O)F. The van der Waals surface area contributed by atoms with Gasteiger partial charge in [-0.05, 0) is 17.3 Å². The zero-order valence-corrected chi connectivity index (χ0v) is 17.9. The molecule has 2 aromatic rings. The average molecular weight is 490 g/mol. The summed E-state index contributed by atoms with van der Waals surface area (Å²) in [7, 11) is -3.02. The van der Waals surface area contributed by atoms with Gasteiger partial charge < -0.3 is 40.2 Å². The molecule has 1 aromatic carbocycles. The van der Waals surface area contributed by atoms with Gasteiger partial charge in [-0.3, -0.25) is 22.1 Å². The number of fused-ring (bicyclic) bond motifs is 1. The maximum atomic E-state index is 10.1. The molecule has 0 radical (unpaired) electrons. The number of hydrogen-bond donors (Lipinski definition) is 8. The highest BCUT2D eigenvalue weighted by Gasteiger charge is 2.17. The van der Waals surface area contributed by atoms with Crippen LogP contribution >= 0.6 is 0 Å². The normalized spacial score (nSPS) is 8.61. The molecule has 0 amide bonds. The molecule has 1 heterocycles. The Hall–Kier alpha value is -2.45. The molecule has 186 valence electrons. The molecule has 8 N–H and O–H groups in total. The fourth-order valence-corrected chi connectivity index (χ4v) is 1.56. The fourth-order valence-electron chi connectivity index (χ4n) is 1.56. The largest absolute Gasteiger partial charge is 0.674 e. The molecular weight excluding hydrogens is 465 g/mol. The lowest BCUT2D eigenvalue weighted by molar-refractivity contribution is -0.480. The first-order chi connectivity index (χ1) is 15.0. The molecule has 0 unspecified atom stereocenters. The van der Waals surface area contributed by atoms with Crippen molar-refractivity contribution in [3.63, 3.8) is 0 Å². The van der Waals surface area contributed by atoms with E-state index in [4.69, 9.17) is 45.0 Å². The third kappa shape index (κ3) is 25.7. The molecule has 0 spiro atoms. The number of amidine groups is 1. The van der Waals surface area contributed by atoms with E-state index in [9.17, 15) is 17.3 Å². The van der Waals surface area contributed by atoms with Crippen LogP contribution in [0.3, 0.4) is 0 Å². The van der Waals surface area contributed by atoms with Gasteiger partial charge in [0.1, 0.15) is 11.0 Å². The van der Waals surface area contributed by atoms with E-state index in [0.717, 1.165) is 11.0 Å². The van der Waals surface area contributed by atoms with Crippen LogP contribution in [0.15, 0.2) is 24.3 Å². The standard InChI is InChI=1S/C11H16N5O.4BFH2O2/c1-14(2)11(15(3)4)17-16-10-8-6-5-7-9(10)12-13-16;4*2-1(3)4/h5-8H,1-4H3;4*3-4H/q+1;;;;. The van der Waals surface area contributed by atoms with Gasteiger partial charge in [-0.25, -0.2) is 9.48 Å². The quantitative estimate of drug-likeness (QED) is 0.0630. The zero-order valence-electron chi connectivity index (χ0n) is 17.9. The summed E-state index contributed by atoms with van der Waals surface area (Å²) in [5.74, 6) is 0. The highest BCUT2D eigenvalue weighted by Crippen LogP contribution is 2.08. The predicted molar refractivity (Wildman–Crippen MR) is 110 cm³/mol. The number of halogens is 4. The molecule has 0 aliphatic heterocycles. The van der Waals surface area contributed by atoms with Crippen LogP contribution in [0.2, 0.25) is 0 Å². The van der Waals surface area contributed by atoms with Crippen molar-refractivity contribution < 1.29 is 66.9 Å². The van der Waals surface area contributed by atoms with E-state index >= 15 is 0 Å². The van der Waals surface area contributed by atoms with Gasteiger partial charge >= 0.3 is 35.6 Å². The van der Waals surface area contributed by atoms with E-state index in [1.165, 1.54) is 4.85 Å². The van der Waals surface area contributed by atoms with Gasteiger partial charge in [0.2, 0.25) is 0 Å². The number of aromatic nitrogens is 3. The summed E-state index contributed by atoms with van der Waals surface area (Å²) < 4.78 is 42.3. The second kappa shape index (κ2) is 20.2. The molecule has 1 aromatic heterocycles. The van der Waals surface area contributed by atoms with E-state index in [-0.39, 0.29) is 0 Å². The van der Waals surface area contributed by atoms with Gasteiger partial charge in [0.25, 0.3) is 0 Å². The average Bonchev–Trinajstić information content (AvgIpc) is 3.00. The van der Waals surface area contributed by atoms with Gasteiger partial charge in [-0.1, -0.05) is 17.0 Å². The molecule has 0 fully saturated rings. The molecule has 0 saturated heterocycles. The Bertz CT molecular complexity index is 738. The Morgan fingerprint density at radius 2 is 1.21 bits per heavy atom. The van der Waals surface area contributed by atoms with Crippen LogP contribution in [0, 0.1) is 0 Å². The van der Waals surface area contributed by atoms with Gasteiger partial charge in [0, 0.05) is 0 Å². The molecule has 0 saturated carbocycles. The van der Waals surface area contributed by atoms with Crippen molar-refractivity contribution >= 4 is 46.6 Å². The molecular formula is C11H24B4F4N5O9+. The van der Waals surface area contributed by atoms with Crippen molar-refractivity contribution in [2.45, 2.75) is 0 Å². The molecule has 33 heavy (non-hydrogen) atoms. The number of nitrogens with zero attached hydrogens (tertiary/aromatic N) is 5. The summed E-state index contributed by atoms with van der Waals surface area (Å²) in [6.07, 6.45) is 0. The van der Waals surface area contributed by atoms with Crippen LogP contribution in [0.4, 0.5) is 17.3 Å². The van der Waals surface area contributed by atoms with Crippen LogP contribution in [0.25, 0.3) is 11.0 Å². The Labute approximate surface area is 186 Å². The third-order valence-corrected chi connectivity index (χ3v) is 2.25. The van der Waals surface area contributed by atoms with Crippen LogP contribution in [0.5, 0.6) is 0 Å². The minimum absolute atomic E-state index is 0.681. The van der Waals surface area contributed by atoms with Gasteiger partial charge in [-0.2, -0.15) is 0 Å². The first-order valence-corrected chi connectivity index (χ1v) is 8.24. The zero-order chi connectivity index (χ0) is 26.7. The topological polar surface area (TPSA) is 208 Å². The summed E-state index contributed by atoms with van der Waals surface area (Å²) in [4.78, 5) is 8.99. The molecule has 0 aliphatic rings. The summed E-state index contributed by atoms with van der Waals surface area (Å²) in [6.45, 7) is 0. The van der Waals surface area contributed by atoms with E-state index in [2.05, 4.69) is 10.3 Å². The first-order valence-electron chi connectivity index (χ1n) is 8.24. The monoisotopic (exact) mass is 490 g/mol. The minimum atomic E-state index is -2.67. The van der Waals surface area contributed by atoms with Crippen molar-refractivity contribution in [3.8, 4) is 0 Å². The summed E-state index contributed by atoms with van der Waals surface area (Å²) in [5.41, 5.74) is 1.65. The van der Waals surface area contributed by atoms with Gasteiger partial charge in [-0.15, -0.1) is 5.10 Å². The molecule has 2 rings (SSSR count). The van der Waals surface area contributed by atoms with E-state index in [1.54, 1.807) is 0 Å². The van der Waals surface area contributed by atoms with Gasteiger partial charge in [0.15, 0.2) is 0 Å². The highest BCUT2D eigenvalue weighted by atomic mass is 19.1. The molecule has 22 heteroatoms. The van der Waals surface area contributed by atoms with Crippen LogP contribution in [0.1, 0.15) is 0 Å². The second-order valence-corrected chi connectivity index (χ2v) is 5.36. The Morgan fingerprint density at radius 1 is 0.848 bits per heavy atom. The lowest BCUT2D eigenvalue weighted by Gasteiger charge is -2.10. The van der Waals surface area contributed by atoms with Crippen molar-refractivity contribution in [2.75, 3.05) is 28.2 Å². The van der Waals surface area contributed by atoms with Crippen LogP contribution < -0.4 is 4.84 Å². The van der Waals surface area contributed by atoms with Crippen LogP contribution in [-0.2, 0) is 0 Å². The van der Waals surface area contributed by atoms with E-state index in [0.29, 0.717) is 6.02 Å². The summed E-state index contributed by atoms with van der Waals surface area (Å²) in [5, 5.41) is 63.6. The second-order valence-electron chi connectivity index (χ2n) is 5.36. The van der Waals surface area contributed by atoms with Crippen molar-refractivity contribution in [3.05, 3.63) is 24.3 Å². The van der Waals surface area contributed by atoms with Crippen molar-refractivity contribution in [2.24, 2.45) is 0 Å². The Balaban J connectivity index is -0.000000462. The van der Waals surface area contributed by atoms with Gasteiger partial charge in [0.05, 0.1) is 28.2 Å². The third-order valence-electron chi connectivity index (χ3n) is 2.25. The molecule has 0 aliphatic carbocycles. The number of para-hydroxylation sites is 1. The Kier molecular flexibility index (Phi) is 21.5. The summed E-state index contributed by atoms with van der Waals surface area (Å²) in [6, 6.07) is 8.34. The summed E-state index contributed by atoms with van der Waals surface area (Å²) >= 11 is 0. The van der Waals surface area contributed by atoms with Crippen LogP contribution in [-0.4, -0.2) is 129 Å². The minimum Gasteiger partial charge on any atom is -0.398 e. The number of benzene rings is 1. The Morgan fingerprint density at radius 3 is 1.55 bits per heavy atom. The molecule has 14 nitrogen and oxygen atoms in total. The first kappa shape index (κ1) is 35.1. The number of hydrogen-bond acceptors (Lipinski definition) is 11. The molecule has 0 atom stereocenters. The maximum absolute atomic E-state index is 10.1. The fraction of sp³-hybridized carbons (Fsp3) is 0.364. The number of rotatable bonds is 1. The smallest absolute Gasteiger partial charge is 0.398 e. The predicted octanol–water partition coefficient (Wildman–Crippen LogP) is -4.25. The van der Waals surface area contributed by atoms with E-state index < -0.39 is 29.6 Å². The molecule has 0 bridgehead atoms. The van der Waals surface area contributed by atoms with E-state index in [1.807, 2.05) is 61.9 Å². The highest BCUT2D eigenvalue weighted by molar-refractivity contribution is 6.32.